The smallest absolute Gasteiger partial charge is 0.416 e. The molecule has 1 fully saturated rings. The van der Waals surface area contributed by atoms with Gasteiger partial charge in [0.25, 0.3) is 0 Å². The first kappa shape index (κ1) is 25.1. The lowest BCUT2D eigenvalue weighted by Crippen LogP contribution is -2.29. The number of nitrogens with one attached hydrogen (secondary N) is 1. The van der Waals surface area contributed by atoms with Crippen LogP contribution in [0, 0.1) is 11.3 Å². The van der Waals surface area contributed by atoms with Gasteiger partial charge in [0.05, 0.1) is 23.7 Å². The Kier molecular flexibility index (Phi) is 6.84. The van der Waals surface area contributed by atoms with Crippen molar-refractivity contribution in [3.63, 3.8) is 0 Å². The Bertz CT molecular complexity index is 1200. The minimum absolute atomic E-state index is 0.172. The number of methoxy groups -OCH3 is 1. The van der Waals surface area contributed by atoms with Crippen LogP contribution in [-0.4, -0.2) is 22.6 Å². The number of ether oxygens (including phenoxy) is 1. The summed E-state index contributed by atoms with van der Waals surface area (Å²) in [6.45, 7) is 6.83. The van der Waals surface area contributed by atoms with Crippen molar-refractivity contribution in [2.75, 3.05) is 12.4 Å². The molecule has 0 spiro atoms. The minimum Gasteiger partial charge on any atom is -0.469 e. The molecule has 0 radical (unpaired) electrons. The van der Waals surface area contributed by atoms with Gasteiger partial charge in [-0.05, 0) is 79.0 Å². The molecule has 1 aliphatic rings. The third kappa shape index (κ3) is 5.80. The largest absolute Gasteiger partial charge is 0.469 e. The summed E-state index contributed by atoms with van der Waals surface area (Å²) in [4.78, 5) is 16.4. The molecule has 0 amide bonds. The lowest BCUT2D eigenvalue weighted by atomic mass is 9.70. The highest BCUT2D eigenvalue weighted by molar-refractivity contribution is 5.81. The van der Waals surface area contributed by atoms with Crippen molar-refractivity contribution < 1.29 is 22.7 Å². The summed E-state index contributed by atoms with van der Waals surface area (Å²) < 4.78 is 46.0. The van der Waals surface area contributed by atoms with Crippen molar-refractivity contribution in [3.05, 3.63) is 53.6 Å². The number of halogens is 3. The van der Waals surface area contributed by atoms with Crippen molar-refractivity contribution in [3.8, 4) is 0 Å². The van der Waals surface area contributed by atoms with E-state index in [4.69, 9.17) is 9.72 Å². The van der Waals surface area contributed by atoms with Crippen LogP contribution in [0.2, 0.25) is 0 Å². The van der Waals surface area contributed by atoms with Gasteiger partial charge >= 0.3 is 12.1 Å². The number of benzene rings is 2. The highest BCUT2D eigenvalue weighted by Gasteiger charge is 2.35. The first-order chi connectivity index (χ1) is 16.4. The average Bonchev–Trinajstić information content (AvgIpc) is 3.12. The molecule has 3 aromatic rings. The lowest BCUT2D eigenvalue weighted by Gasteiger charge is -2.40. The van der Waals surface area contributed by atoms with E-state index >= 15 is 0 Å². The summed E-state index contributed by atoms with van der Waals surface area (Å²) >= 11 is 0. The van der Waals surface area contributed by atoms with Crippen LogP contribution in [0.4, 0.5) is 24.8 Å². The average molecular weight is 488 g/mol. The van der Waals surface area contributed by atoms with Crippen molar-refractivity contribution >= 4 is 28.6 Å². The normalized spacial score (nSPS) is 20.1. The number of fused-ring (bicyclic) bond motifs is 1. The van der Waals surface area contributed by atoms with Crippen LogP contribution in [0.5, 0.6) is 0 Å². The monoisotopic (exact) mass is 487 g/mol. The van der Waals surface area contributed by atoms with Gasteiger partial charge in [-0.25, -0.2) is 4.98 Å². The number of alkyl halides is 3. The molecule has 188 valence electrons. The first-order valence-electron chi connectivity index (χ1n) is 12.0. The van der Waals surface area contributed by atoms with Gasteiger partial charge in [-0.1, -0.05) is 26.8 Å². The predicted molar refractivity (Wildman–Crippen MR) is 131 cm³/mol. The number of aromatic nitrogens is 2. The molecule has 8 heteroatoms. The second-order valence-electron chi connectivity index (χ2n) is 10.5. The van der Waals surface area contributed by atoms with Crippen molar-refractivity contribution in [2.24, 2.45) is 11.3 Å². The molecule has 5 nitrogen and oxygen atoms in total. The summed E-state index contributed by atoms with van der Waals surface area (Å²) in [6, 6.07) is 11.2. The maximum atomic E-state index is 13.0. The van der Waals surface area contributed by atoms with Crippen LogP contribution in [-0.2, 0) is 22.1 Å². The number of hydrogen-bond donors (Lipinski definition) is 1. The van der Waals surface area contributed by atoms with Gasteiger partial charge in [-0.2, -0.15) is 13.2 Å². The number of hydrogen-bond acceptors (Lipinski definition) is 4. The molecule has 1 saturated carbocycles. The highest BCUT2D eigenvalue weighted by Crippen LogP contribution is 2.46. The molecule has 2 atom stereocenters. The number of aryl methyl sites for hydroxylation is 1. The Balaban J connectivity index is 1.72. The second kappa shape index (κ2) is 9.55. The van der Waals surface area contributed by atoms with Crippen LogP contribution in [0.25, 0.3) is 11.0 Å². The van der Waals surface area contributed by atoms with Gasteiger partial charge in [0.15, 0.2) is 0 Å². The highest BCUT2D eigenvalue weighted by atomic mass is 19.4. The Morgan fingerprint density at radius 1 is 1.17 bits per heavy atom. The molecule has 35 heavy (non-hydrogen) atoms. The molecule has 4 rings (SSSR count). The van der Waals surface area contributed by atoms with E-state index < -0.39 is 11.7 Å². The van der Waals surface area contributed by atoms with Gasteiger partial charge < -0.3 is 14.6 Å². The zero-order chi connectivity index (χ0) is 25.4. The van der Waals surface area contributed by atoms with E-state index in [-0.39, 0.29) is 23.8 Å². The molecule has 0 aliphatic heterocycles. The van der Waals surface area contributed by atoms with Crippen LogP contribution in [0.15, 0.2) is 42.5 Å². The minimum atomic E-state index is -4.38. The van der Waals surface area contributed by atoms with Gasteiger partial charge in [-0.3, -0.25) is 4.79 Å². The quantitative estimate of drug-likeness (QED) is 0.371. The van der Waals surface area contributed by atoms with E-state index in [0.29, 0.717) is 24.0 Å². The third-order valence-corrected chi connectivity index (χ3v) is 6.80. The maximum Gasteiger partial charge on any atom is 0.416 e. The predicted octanol–water partition coefficient (Wildman–Crippen LogP) is 7.29. The van der Waals surface area contributed by atoms with Crippen LogP contribution < -0.4 is 5.32 Å². The molecule has 1 unspecified atom stereocenters. The third-order valence-electron chi connectivity index (χ3n) is 6.80. The fourth-order valence-electron chi connectivity index (χ4n) is 5.47. The molecule has 1 aromatic heterocycles. The van der Waals surface area contributed by atoms with E-state index in [0.717, 1.165) is 48.0 Å². The van der Waals surface area contributed by atoms with Crippen molar-refractivity contribution in [2.45, 2.75) is 65.1 Å². The molecule has 0 saturated heterocycles. The fraction of sp³-hybridized carbons (Fsp3) is 0.481. The Morgan fingerprint density at radius 2 is 1.89 bits per heavy atom. The topological polar surface area (TPSA) is 56.1 Å². The Morgan fingerprint density at radius 3 is 2.51 bits per heavy atom. The molecule has 2 aromatic carbocycles. The van der Waals surface area contributed by atoms with E-state index in [1.165, 1.54) is 19.2 Å². The van der Waals surface area contributed by atoms with Crippen molar-refractivity contribution in [1.82, 2.24) is 9.55 Å². The van der Waals surface area contributed by atoms with Gasteiger partial charge in [0.2, 0.25) is 5.95 Å². The van der Waals surface area contributed by atoms with Gasteiger partial charge in [0.1, 0.15) is 0 Å². The summed E-state index contributed by atoms with van der Waals surface area (Å²) in [5, 5.41) is 3.27. The lowest BCUT2D eigenvalue weighted by molar-refractivity contribution is -0.140. The van der Waals surface area contributed by atoms with Crippen LogP contribution in [0.1, 0.15) is 63.6 Å². The first-order valence-corrected chi connectivity index (χ1v) is 12.0. The summed E-state index contributed by atoms with van der Waals surface area (Å²) in [5.74, 6) is 0.887. The van der Waals surface area contributed by atoms with Gasteiger partial charge in [0, 0.05) is 18.2 Å². The molecular formula is C27H32F3N3O2. The number of anilines is 2. The number of imidazole rings is 1. The maximum absolute atomic E-state index is 13.0. The molecular weight excluding hydrogens is 455 g/mol. The summed E-state index contributed by atoms with van der Waals surface area (Å²) in [7, 11) is 1.37. The molecule has 1 N–H and O–H groups in total. The van der Waals surface area contributed by atoms with E-state index in [2.05, 4.69) is 30.7 Å². The van der Waals surface area contributed by atoms with Crippen LogP contribution >= 0.6 is 0 Å². The van der Waals surface area contributed by atoms with Crippen LogP contribution in [0.3, 0.4) is 0 Å². The zero-order valence-electron chi connectivity index (χ0n) is 20.6. The number of rotatable bonds is 6. The SMILES string of the molecule is COC(=O)CCc1ccc2c(c1)nc(Nc1ccc(C(F)(F)F)cc1)n2[C@H]1CC(C)CC(C)(C)C1. The Hall–Kier alpha value is -3.03. The van der Waals surface area contributed by atoms with E-state index in [1.807, 2.05) is 18.2 Å². The van der Waals surface area contributed by atoms with Gasteiger partial charge in [-0.15, -0.1) is 0 Å². The van der Waals surface area contributed by atoms with Crippen molar-refractivity contribution in [1.29, 1.82) is 0 Å². The molecule has 0 bridgehead atoms. The standard InChI is InChI=1S/C27H32F3N3O2/c1-17-13-21(16-26(2,3)15-17)33-23-11-5-18(6-12-24(34)35-4)14-22(23)32-25(33)31-20-9-7-19(8-10-20)27(28,29)30/h5,7-11,14,17,21H,6,12-13,15-16H2,1-4H3,(H,31,32)/t17?,21-/m0/s1. The van der Waals surface area contributed by atoms with E-state index in [9.17, 15) is 18.0 Å². The number of carbonyl (C=O) groups excluding carboxylic acids is 1. The molecule has 1 heterocycles. The Labute approximate surface area is 203 Å². The number of esters is 1. The van der Waals surface area contributed by atoms with E-state index in [1.54, 1.807) is 0 Å². The molecule has 1 aliphatic carbocycles. The summed E-state index contributed by atoms with van der Waals surface area (Å²) in [6.07, 6.45) is -0.417. The number of nitrogens with zero attached hydrogens (tertiary/aromatic N) is 2. The zero-order valence-corrected chi connectivity index (χ0v) is 20.6. The number of carbonyl (C=O) groups is 1. The second-order valence-corrected chi connectivity index (χ2v) is 10.5. The fourth-order valence-corrected chi connectivity index (χ4v) is 5.47. The summed E-state index contributed by atoms with van der Waals surface area (Å²) in [5.41, 5.74) is 2.77.